The van der Waals surface area contributed by atoms with E-state index in [-0.39, 0.29) is 30.0 Å². The highest BCUT2D eigenvalue weighted by molar-refractivity contribution is 6.04. The van der Waals surface area contributed by atoms with Gasteiger partial charge in [0.05, 0.1) is 30.9 Å². The number of ether oxygens (including phenoxy) is 1. The second kappa shape index (κ2) is 11.0. The second-order valence-electron chi connectivity index (χ2n) is 10.2. The molecule has 0 saturated heterocycles. The molecule has 0 radical (unpaired) electrons. The van der Waals surface area contributed by atoms with Crippen LogP contribution in [0.4, 0.5) is 0 Å². The Labute approximate surface area is 232 Å². The summed E-state index contributed by atoms with van der Waals surface area (Å²) >= 11 is 0. The normalized spacial score (nSPS) is 20.4. The molecular weight excluding hydrogens is 502 g/mol. The van der Waals surface area contributed by atoms with E-state index >= 15 is 0 Å². The summed E-state index contributed by atoms with van der Waals surface area (Å²) in [5.41, 5.74) is 4.11. The molecule has 2 unspecified atom stereocenters. The lowest BCUT2D eigenvalue weighted by molar-refractivity contribution is 0.236. The molecule has 1 aromatic carbocycles. The molecule has 2 aliphatic rings. The highest BCUT2D eigenvalue weighted by atomic mass is 16.5. The number of aliphatic hydroxyl groups is 1. The van der Waals surface area contributed by atoms with Gasteiger partial charge < -0.3 is 9.84 Å². The minimum atomic E-state index is -0.250. The summed E-state index contributed by atoms with van der Waals surface area (Å²) in [5.74, 6) is 1.50. The molecule has 0 fully saturated rings. The van der Waals surface area contributed by atoms with Crippen LogP contribution in [0.2, 0.25) is 0 Å². The average Bonchev–Trinajstić information content (AvgIpc) is 3.01. The molecule has 0 bridgehead atoms. The maximum absolute atomic E-state index is 13.7. The predicted molar refractivity (Wildman–Crippen MR) is 155 cm³/mol. The number of nitrogens with zero attached hydrogens (tertiary/aromatic N) is 5. The van der Waals surface area contributed by atoms with Gasteiger partial charge in [0.1, 0.15) is 11.5 Å². The fourth-order valence-electron chi connectivity index (χ4n) is 5.79. The van der Waals surface area contributed by atoms with E-state index in [2.05, 4.69) is 29.0 Å². The summed E-state index contributed by atoms with van der Waals surface area (Å²) in [6.07, 6.45) is 12.2. The summed E-state index contributed by atoms with van der Waals surface area (Å²) in [6.45, 7) is 2.12. The Hall–Kier alpha value is -4.43. The lowest BCUT2D eigenvalue weighted by Crippen LogP contribution is -2.35. The second-order valence-corrected chi connectivity index (χ2v) is 10.2. The molecular formula is C32H31N5O3. The van der Waals surface area contributed by atoms with Crippen LogP contribution in [0.5, 0.6) is 0 Å². The van der Waals surface area contributed by atoms with Crippen molar-refractivity contribution in [3.8, 4) is 17.1 Å². The predicted octanol–water partition coefficient (Wildman–Crippen LogP) is 4.90. The molecule has 0 spiro atoms. The Morgan fingerprint density at radius 1 is 1.05 bits per heavy atom. The van der Waals surface area contributed by atoms with Crippen molar-refractivity contribution in [3.63, 3.8) is 0 Å². The first-order chi connectivity index (χ1) is 19.6. The molecule has 3 aromatic heterocycles. The quantitative estimate of drug-likeness (QED) is 0.363. The van der Waals surface area contributed by atoms with Crippen molar-refractivity contribution in [2.75, 3.05) is 13.7 Å². The van der Waals surface area contributed by atoms with Crippen LogP contribution >= 0.6 is 0 Å². The van der Waals surface area contributed by atoms with E-state index in [0.717, 1.165) is 47.2 Å². The maximum atomic E-state index is 13.7. The van der Waals surface area contributed by atoms with Crippen LogP contribution in [0.1, 0.15) is 31.7 Å². The third-order valence-electron chi connectivity index (χ3n) is 7.65. The van der Waals surface area contributed by atoms with Crippen molar-refractivity contribution in [2.24, 2.45) is 16.8 Å². The highest BCUT2D eigenvalue weighted by Crippen LogP contribution is 2.39. The van der Waals surface area contributed by atoms with Gasteiger partial charge in [-0.2, -0.15) is 9.78 Å². The van der Waals surface area contributed by atoms with Crippen molar-refractivity contribution in [1.82, 2.24) is 19.7 Å². The van der Waals surface area contributed by atoms with Crippen molar-refractivity contribution in [3.05, 3.63) is 107 Å². The molecule has 1 N–H and O–H groups in total. The van der Waals surface area contributed by atoms with Gasteiger partial charge in [0.25, 0.3) is 5.56 Å². The highest BCUT2D eigenvalue weighted by Gasteiger charge is 2.35. The summed E-state index contributed by atoms with van der Waals surface area (Å²) in [7, 11) is 1.71. The molecule has 0 amide bonds. The third-order valence-corrected chi connectivity index (χ3v) is 7.65. The van der Waals surface area contributed by atoms with Gasteiger partial charge in [0.15, 0.2) is 5.82 Å². The zero-order valence-electron chi connectivity index (χ0n) is 22.6. The molecule has 4 heterocycles. The van der Waals surface area contributed by atoms with E-state index < -0.39 is 0 Å². The number of allylic oxidation sites excluding steroid dienone is 3. The van der Waals surface area contributed by atoms with E-state index in [1.165, 1.54) is 10.3 Å². The topological polar surface area (TPSA) is 102 Å². The fourth-order valence-corrected chi connectivity index (χ4v) is 5.79. The van der Waals surface area contributed by atoms with Gasteiger partial charge in [-0.25, -0.2) is 4.98 Å². The first-order valence-electron chi connectivity index (χ1n) is 13.7. The third kappa shape index (κ3) is 4.64. The molecule has 8 heteroatoms. The Morgan fingerprint density at radius 2 is 1.90 bits per heavy atom. The number of pyridine rings is 2. The van der Waals surface area contributed by atoms with Gasteiger partial charge in [-0.05, 0) is 60.7 Å². The Bertz CT molecular complexity index is 1710. The van der Waals surface area contributed by atoms with Crippen molar-refractivity contribution >= 4 is 16.5 Å². The van der Waals surface area contributed by atoms with Gasteiger partial charge in [-0.15, -0.1) is 0 Å². The van der Waals surface area contributed by atoms with Crippen LogP contribution in [0.3, 0.4) is 0 Å². The number of hydrogen-bond acceptors (Lipinski definition) is 7. The average molecular weight is 534 g/mol. The number of fused-ring (bicyclic) bond motifs is 2. The molecule has 8 nitrogen and oxygen atoms in total. The molecule has 6 rings (SSSR count). The number of aromatic nitrogens is 4. The van der Waals surface area contributed by atoms with Crippen LogP contribution in [-0.4, -0.2) is 50.3 Å². The summed E-state index contributed by atoms with van der Waals surface area (Å²) in [6, 6.07) is 14.8. The van der Waals surface area contributed by atoms with E-state index in [1.54, 1.807) is 25.7 Å². The maximum Gasteiger partial charge on any atom is 0.280 e. The molecule has 0 saturated carbocycles. The molecule has 3 atom stereocenters. The summed E-state index contributed by atoms with van der Waals surface area (Å²) < 4.78 is 7.08. The number of rotatable bonds is 7. The minimum absolute atomic E-state index is 0.0331. The van der Waals surface area contributed by atoms with Crippen LogP contribution in [0.15, 0.2) is 100 Å². The number of aliphatic imine (C=N–C) groups is 1. The number of methoxy groups -OCH3 is 1. The van der Waals surface area contributed by atoms with Gasteiger partial charge >= 0.3 is 0 Å². The van der Waals surface area contributed by atoms with Crippen molar-refractivity contribution in [1.29, 1.82) is 0 Å². The van der Waals surface area contributed by atoms with E-state index in [1.807, 2.05) is 48.5 Å². The molecule has 40 heavy (non-hydrogen) atoms. The van der Waals surface area contributed by atoms with Crippen molar-refractivity contribution < 1.29 is 9.84 Å². The van der Waals surface area contributed by atoms with Crippen LogP contribution in [-0.2, 0) is 4.74 Å². The smallest absolute Gasteiger partial charge is 0.280 e. The SMILES string of the molecule is CCCC1=CC2C(c3ccnc(-n4nc(-c5cccnc5)c5ccccc5c4=O)c3)=N[C@H](CO)CC2C=C1OC. The van der Waals surface area contributed by atoms with Crippen molar-refractivity contribution in [2.45, 2.75) is 32.2 Å². The zero-order chi connectivity index (χ0) is 27.6. The Morgan fingerprint density at radius 3 is 2.65 bits per heavy atom. The monoisotopic (exact) mass is 533 g/mol. The fraction of sp³-hybridized carbons (Fsp3) is 0.281. The first-order valence-corrected chi connectivity index (χ1v) is 13.7. The van der Waals surface area contributed by atoms with Gasteiger partial charge in [-0.3, -0.25) is 14.8 Å². The van der Waals surface area contributed by atoms with E-state index in [0.29, 0.717) is 16.9 Å². The Kier molecular flexibility index (Phi) is 7.09. The first kappa shape index (κ1) is 25.8. The Balaban J connectivity index is 1.49. The summed E-state index contributed by atoms with van der Waals surface area (Å²) in [5, 5.41) is 16.2. The van der Waals surface area contributed by atoms with Gasteiger partial charge in [0.2, 0.25) is 0 Å². The lowest BCUT2D eigenvalue weighted by Gasteiger charge is -2.35. The minimum Gasteiger partial charge on any atom is -0.497 e. The number of hydrogen-bond donors (Lipinski definition) is 1. The van der Waals surface area contributed by atoms with E-state index in [9.17, 15) is 9.90 Å². The standard InChI is InChI=1S/C32H31N5O3/c1-3-7-20-15-27-23(16-28(20)40-2)14-24(19-38)35-30(27)21-11-13-34-29(17-21)37-32(39)26-10-5-4-9-25(26)31(36-37)22-8-6-12-33-18-22/h4-6,8-13,15-18,23-24,27,38H,3,7,14,19H2,1-2H3/t23?,24-,27?/m0/s1. The van der Waals surface area contributed by atoms with Gasteiger partial charge in [0, 0.05) is 41.0 Å². The van der Waals surface area contributed by atoms with E-state index in [4.69, 9.17) is 14.8 Å². The van der Waals surface area contributed by atoms with Crippen LogP contribution < -0.4 is 5.56 Å². The number of benzene rings is 1. The summed E-state index contributed by atoms with van der Waals surface area (Å²) in [4.78, 5) is 27.4. The molecule has 1 aliphatic carbocycles. The molecule has 1 aliphatic heterocycles. The van der Waals surface area contributed by atoms with Gasteiger partial charge in [-0.1, -0.05) is 37.6 Å². The van der Waals surface area contributed by atoms with Crippen LogP contribution in [0.25, 0.3) is 27.8 Å². The largest absolute Gasteiger partial charge is 0.497 e. The molecule has 4 aromatic rings. The van der Waals surface area contributed by atoms with Crippen LogP contribution in [0, 0.1) is 11.8 Å². The number of aliphatic hydroxyl groups excluding tert-OH is 1. The molecule has 202 valence electrons. The lowest BCUT2D eigenvalue weighted by atomic mass is 9.74. The zero-order valence-corrected chi connectivity index (χ0v) is 22.6.